The highest BCUT2D eigenvalue weighted by atomic mass is 32.1. The second-order valence-electron chi connectivity index (χ2n) is 5.92. The van der Waals surface area contributed by atoms with Crippen LogP contribution in [0.25, 0.3) is 0 Å². The standard InChI is InChI=1S/C16H19N3OS.H2O.H2/c1-10(2)17-15-19-13(9-21-15)12-5-7-16(3)6-4-11(20)8-14(16)18-12;;/h4-10,14,20H,1-3H3,(H,17,19);1H2;1H. The molecule has 6 heteroatoms. The Balaban J connectivity index is 0.00000132. The van der Waals surface area contributed by atoms with Gasteiger partial charge in [-0.05, 0) is 32.1 Å². The summed E-state index contributed by atoms with van der Waals surface area (Å²) in [7, 11) is 0. The highest BCUT2D eigenvalue weighted by Gasteiger charge is 2.33. The predicted octanol–water partition coefficient (Wildman–Crippen LogP) is 3.13. The minimum atomic E-state index is -0.162. The van der Waals surface area contributed by atoms with E-state index in [1.807, 2.05) is 17.5 Å². The summed E-state index contributed by atoms with van der Waals surface area (Å²) in [5.41, 5.74) is 1.58. The van der Waals surface area contributed by atoms with E-state index in [0.717, 1.165) is 16.5 Å². The minimum absolute atomic E-state index is 0. The number of allylic oxidation sites excluding steroid dienone is 2. The summed E-state index contributed by atoms with van der Waals surface area (Å²) in [6.45, 7) is 6.29. The van der Waals surface area contributed by atoms with Crippen LogP contribution in [0.4, 0.5) is 5.13 Å². The molecule has 2 heterocycles. The molecular formula is C16H23N3O2S. The molecule has 0 fully saturated rings. The van der Waals surface area contributed by atoms with E-state index in [9.17, 15) is 5.11 Å². The minimum Gasteiger partial charge on any atom is -0.508 e. The van der Waals surface area contributed by atoms with Gasteiger partial charge in [-0.3, -0.25) is 4.99 Å². The molecule has 3 rings (SSSR count). The zero-order chi connectivity index (χ0) is 15.0. The number of fused-ring (bicyclic) bond motifs is 1. The normalized spacial score (nSPS) is 26.1. The van der Waals surface area contributed by atoms with E-state index in [-0.39, 0.29) is 24.1 Å². The van der Waals surface area contributed by atoms with Gasteiger partial charge in [-0.2, -0.15) is 0 Å². The van der Waals surface area contributed by atoms with Crippen molar-refractivity contribution in [2.45, 2.75) is 32.9 Å². The van der Waals surface area contributed by atoms with Crippen LogP contribution in [0.2, 0.25) is 0 Å². The van der Waals surface area contributed by atoms with E-state index in [1.165, 1.54) is 0 Å². The molecule has 2 unspecified atom stereocenters. The Morgan fingerprint density at radius 2 is 2.09 bits per heavy atom. The lowest BCUT2D eigenvalue weighted by Gasteiger charge is -2.33. The Bertz CT molecular complexity index is 679. The van der Waals surface area contributed by atoms with Gasteiger partial charge >= 0.3 is 0 Å². The molecule has 0 saturated carbocycles. The van der Waals surface area contributed by atoms with Gasteiger partial charge in [-0.25, -0.2) is 4.98 Å². The number of rotatable bonds is 3. The molecule has 4 N–H and O–H groups in total. The van der Waals surface area contributed by atoms with Crippen LogP contribution in [0.5, 0.6) is 0 Å². The number of nitrogens with one attached hydrogen (secondary N) is 1. The van der Waals surface area contributed by atoms with Gasteiger partial charge < -0.3 is 15.9 Å². The maximum Gasteiger partial charge on any atom is 0.183 e. The number of aromatic nitrogens is 1. The molecule has 0 radical (unpaired) electrons. The summed E-state index contributed by atoms with van der Waals surface area (Å²) < 4.78 is 0. The van der Waals surface area contributed by atoms with Gasteiger partial charge in [0.2, 0.25) is 0 Å². The molecule has 2 atom stereocenters. The fourth-order valence-electron chi connectivity index (χ4n) is 2.40. The van der Waals surface area contributed by atoms with Crippen molar-refractivity contribution in [3.63, 3.8) is 0 Å². The highest BCUT2D eigenvalue weighted by Crippen LogP contribution is 2.36. The number of aliphatic imine (C=N–C) groups is 1. The number of hydrogen-bond donors (Lipinski definition) is 2. The number of aliphatic hydroxyl groups excluding tert-OH is 1. The molecule has 2 aliphatic rings. The largest absolute Gasteiger partial charge is 0.508 e. The van der Waals surface area contributed by atoms with Crippen molar-refractivity contribution in [3.05, 3.63) is 47.2 Å². The number of hydrogen-bond acceptors (Lipinski definition) is 5. The first-order chi connectivity index (χ1) is 9.96. The number of thiazole rings is 1. The molecule has 22 heavy (non-hydrogen) atoms. The molecule has 0 aromatic carbocycles. The predicted molar refractivity (Wildman–Crippen MR) is 94.0 cm³/mol. The van der Waals surface area contributed by atoms with Crippen LogP contribution in [0, 0.1) is 5.41 Å². The summed E-state index contributed by atoms with van der Waals surface area (Å²) in [4.78, 5) is 9.32. The number of dihydropyridines is 1. The van der Waals surface area contributed by atoms with E-state index in [0.29, 0.717) is 6.04 Å². The highest BCUT2D eigenvalue weighted by molar-refractivity contribution is 7.13. The molecule has 0 amide bonds. The average Bonchev–Trinajstić information content (AvgIpc) is 2.86. The molecule has 1 aromatic rings. The lowest BCUT2D eigenvalue weighted by molar-refractivity contribution is 0.395. The zero-order valence-corrected chi connectivity index (χ0v) is 13.7. The zero-order valence-electron chi connectivity index (χ0n) is 12.9. The van der Waals surface area contributed by atoms with Crippen LogP contribution in [-0.4, -0.2) is 33.4 Å². The Hall–Kier alpha value is -1.92. The van der Waals surface area contributed by atoms with Crippen molar-refractivity contribution < 1.29 is 12.0 Å². The maximum atomic E-state index is 9.68. The number of aliphatic hydroxyl groups is 1. The molecule has 0 bridgehead atoms. The van der Waals surface area contributed by atoms with Gasteiger partial charge in [0.25, 0.3) is 0 Å². The van der Waals surface area contributed by atoms with E-state index >= 15 is 0 Å². The lowest BCUT2D eigenvalue weighted by atomic mass is 9.77. The van der Waals surface area contributed by atoms with E-state index in [2.05, 4.69) is 37.1 Å². The van der Waals surface area contributed by atoms with E-state index in [4.69, 9.17) is 4.99 Å². The van der Waals surface area contributed by atoms with Gasteiger partial charge in [-0.1, -0.05) is 19.1 Å². The third-order valence-electron chi connectivity index (χ3n) is 3.64. The van der Waals surface area contributed by atoms with Gasteiger partial charge in [0.1, 0.15) is 11.5 Å². The van der Waals surface area contributed by atoms with E-state index < -0.39 is 0 Å². The van der Waals surface area contributed by atoms with Gasteiger partial charge in [0.05, 0.1) is 11.8 Å². The second-order valence-corrected chi connectivity index (χ2v) is 6.78. The quantitative estimate of drug-likeness (QED) is 0.896. The van der Waals surface area contributed by atoms with Crippen molar-refractivity contribution in [2.24, 2.45) is 10.4 Å². The third-order valence-corrected chi connectivity index (χ3v) is 4.41. The fraction of sp³-hybridized carbons (Fsp3) is 0.375. The van der Waals surface area contributed by atoms with Crippen molar-refractivity contribution in [3.8, 4) is 0 Å². The Morgan fingerprint density at radius 3 is 2.82 bits per heavy atom. The second kappa shape index (κ2) is 6.06. The summed E-state index contributed by atoms with van der Waals surface area (Å²) in [6.07, 6.45) is 9.67. The van der Waals surface area contributed by atoms with E-state index in [1.54, 1.807) is 23.5 Å². The summed E-state index contributed by atoms with van der Waals surface area (Å²) >= 11 is 1.58. The van der Waals surface area contributed by atoms with Gasteiger partial charge in [-0.15, -0.1) is 11.3 Å². The third kappa shape index (κ3) is 3.13. The van der Waals surface area contributed by atoms with Crippen molar-refractivity contribution in [1.29, 1.82) is 0 Å². The molecule has 5 nitrogen and oxygen atoms in total. The topological polar surface area (TPSA) is 89.0 Å². The smallest absolute Gasteiger partial charge is 0.183 e. The van der Waals surface area contributed by atoms with Crippen LogP contribution in [0.3, 0.4) is 0 Å². The SMILES string of the molecule is CC(C)Nc1nc(C2=NC3C=C(O)C=CC3(C)C=C2)cs1.O.[HH]. The van der Waals surface area contributed by atoms with Crippen LogP contribution in [-0.2, 0) is 0 Å². The maximum absolute atomic E-state index is 9.68. The first-order valence-electron chi connectivity index (χ1n) is 7.06. The van der Waals surface area contributed by atoms with Gasteiger partial charge in [0, 0.05) is 18.3 Å². The number of anilines is 1. The average molecular weight is 321 g/mol. The molecule has 120 valence electrons. The fourth-order valence-corrected chi connectivity index (χ4v) is 3.25. The summed E-state index contributed by atoms with van der Waals surface area (Å²) in [6, 6.07) is 0.283. The Morgan fingerprint density at radius 1 is 1.36 bits per heavy atom. The first kappa shape index (κ1) is 16.5. The van der Waals surface area contributed by atoms with Crippen molar-refractivity contribution in [1.82, 2.24) is 4.98 Å². The Kier molecular flexibility index (Phi) is 4.53. The van der Waals surface area contributed by atoms with Crippen LogP contribution in [0.15, 0.2) is 46.5 Å². The monoisotopic (exact) mass is 321 g/mol. The van der Waals surface area contributed by atoms with Crippen LogP contribution >= 0.6 is 11.3 Å². The summed E-state index contributed by atoms with van der Waals surface area (Å²) in [5, 5.41) is 15.9. The molecule has 1 aliphatic heterocycles. The van der Waals surface area contributed by atoms with Crippen molar-refractivity contribution in [2.75, 3.05) is 5.32 Å². The van der Waals surface area contributed by atoms with Crippen molar-refractivity contribution >= 4 is 22.2 Å². The lowest BCUT2D eigenvalue weighted by Crippen LogP contribution is -2.31. The molecular weight excluding hydrogens is 298 g/mol. The van der Waals surface area contributed by atoms with Crippen LogP contribution in [0.1, 0.15) is 27.9 Å². The van der Waals surface area contributed by atoms with Crippen LogP contribution < -0.4 is 5.32 Å². The summed E-state index contributed by atoms with van der Waals surface area (Å²) in [5.74, 6) is 0.274. The molecule has 0 spiro atoms. The first-order valence-corrected chi connectivity index (χ1v) is 7.94. The molecule has 0 saturated heterocycles. The molecule has 1 aliphatic carbocycles. The molecule has 1 aromatic heterocycles. The Labute approximate surface area is 135 Å². The van der Waals surface area contributed by atoms with Gasteiger partial charge in [0.15, 0.2) is 5.13 Å². The number of nitrogens with zero attached hydrogens (tertiary/aromatic N) is 2.